The first kappa shape index (κ1) is 14.9. The fraction of sp³-hybridized carbons (Fsp3) is 0.647. The van der Waals surface area contributed by atoms with Crippen LogP contribution in [0.2, 0.25) is 0 Å². The molecule has 1 aromatic rings. The van der Waals surface area contributed by atoms with Crippen LogP contribution in [0, 0.1) is 26.2 Å². The second-order valence-corrected chi connectivity index (χ2v) is 7.88. The lowest BCUT2D eigenvalue weighted by Crippen LogP contribution is -2.51. The molecule has 0 bridgehead atoms. The van der Waals surface area contributed by atoms with E-state index in [0.717, 1.165) is 18.6 Å². The highest BCUT2D eigenvalue weighted by Gasteiger charge is 2.45. The first-order chi connectivity index (χ1) is 8.75. The maximum Gasteiger partial charge on any atom is 0.0828 e. The maximum absolute atomic E-state index is 11.1. The Hall–Kier alpha value is -0.470. The Morgan fingerprint density at radius 3 is 2.26 bits per heavy atom. The van der Waals surface area contributed by atoms with E-state index in [1.54, 1.807) is 0 Å². The van der Waals surface area contributed by atoms with Crippen LogP contribution in [0.4, 0.5) is 0 Å². The third-order valence-electron chi connectivity index (χ3n) is 4.78. The van der Waals surface area contributed by atoms with E-state index in [0.29, 0.717) is 0 Å². The molecule has 0 aromatic heterocycles. The van der Waals surface area contributed by atoms with Gasteiger partial charge in [-0.05, 0) is 55.1 Å². The first-order valence-electron chi connectivity index (χ1n) is 7.12. The van der Waals surface area contributed by atoms with Gasteiger partial charge in [-0.2, -0.15) is 11.8 Å². The SMILES string of the molecule is Cc1cc(C)c(CC2(O)CSCCC2(C)C)c(C)c1. The van der Waals surface area contributed by atoms with Crippen LogP contribution >= 0.6 is 11.8 Å². The van der Waals surface area contributed by atoms with E-state index < -0.39 is 5.60 Å². The number of benzene rings is 1. The third kappa shape index (κ3) is 2.85. The molecule has 1 aliphatic rings. The van der Waals surface area contributed by atoms with Crippen molar-refractivity contribution in [1.82, 2.24) is 0 Å². The summed E-state index contributed by atoms with van der Waals surface area (Å²) >= 11 is 1.89. The van der Waals surface area contributed by atoms with Gasteiger partial charge in [-0.1, -0.05) is 31.5 Å². The smallest absolute Gasteiger partial charge is 0.0828 e. The van der Waals surface area contributed by atoms with Crippen LogP contribution in [0.15, 0.2) is 12.1 Å². The minimum atomic E-state index is -0.583. The van der Waals surface area contributed by atoms with Crippen molar-refractivity contribution in [3.8, 4) is 0 Å². The molecule has 106 valence electrons. The summed E-state index contributed by atoms with van der Waals surface area (Å²) in [5, 5.41) is 11.1. The molecule has 1 N–H and O–H groups in total. The molecule has 0 amide bonds. The summed E-state index contributed by atoms with van der Waals surface area (Å²) in [6.45, 7) is 10.9. The zero-order valence-corrected chi connectivity index (χ0v) is 13.7. The molecule has 1 nitrogen and oxygen atoms in total. The van der Waals surface area contributed by atoms with Crippen LogP contribution in [0.3, 0.4) is 0 Å². The fourth-order valence-corrected chi connectivity index (χ4v) is 4.70. The lowest BCUT2D eigenvalue weighted by Gasteiger charge is -2.46. The summed E-state index contributed by atoms with van der Waals surface area (Å²) in [5.41, 5.74) is 4.70. The van der Waals surface area contributed by atoms with Gasteiger partial charge in [-0.3, -0.25) is 0 Å². The molecule has 2 rings (SSSR count). The Kier molecular flexibility index (Phi) is 4.04. The van der Waals surface area contributed by atoms with E-state index in [9.17, 15) is 5.11 Å². The number of aliphatic hydroxyl groups is 1. The van der Waals surface area contributed by atoms with Crippen molar-refractivity contribution in [3.63, 3.8) is 0 Å². The molecular formula is C17H26OS. The van der Waals surface area contributed by atoms with E-state index in [1.165, 1.54) is 28.0 Å². The van der Waals surface area contributed by atoms with E-state index in [-0.39, 0.29) is 5.41 Å². The first-order valence-corrected chi connectivity index (χ1v) is 8.27. The van der Waals surface area contributed by atoms with Crippen molar-refractivity contribution in [1.29, 1.82) is 0 Å². The van der Waals surface area contributed by atoms with Gasteiger partial charge in [0.25, 0.3) is 0 Å². The molecule has 1 aromatic carbocycles. The molecule has 1 heterocycles. The summed E-state index contributed by atoms with van der Waals surface area (Å²) in [7, 11) is 0. The predicted octanol–water partition coefficient (Wildman–Crippen LogP) is 4.05. The number of thioether (sulfide) groups is 1. The van der Waals surface area contributed by atoms with Crippen molar-refractivity contribution in [3.05, 3.63) is 34.4 Å². The molecule has 0 saturated carbocycles. The van der Waals surface area contributed by atoms with Crippen LogP contribution in [0.25, 0.3) is 0 Å². The largest absolute Gasteiger partial charge is 0.388 e. The monoisotopic (exact) mass is 278 g/mol. The van der Waals surface area contributed by atoms with Gasteiger partial charge in [-0.25, -0.2) is 0 Å². The number of hydrogen-bond donors (Lipinski definition) is 1. The lowest BCUT2D eigenvalue weighted by atomic mass is 9.70. The molecule has 0 spiro atoms. The molecule has 0 aliphatic carbocycles. The highest BCUT2D eigenvalue weighted by molar-refractivity contribution is 7.99. The molecular weight excluding hydrogens is 252 g/mol. The van der Waals surface area contributed by atoms with Gasteiger partial charge in [0.05, 0.1) is 5.60 Å². The molecule has 0 radical (unpaired) electrons. The summed E-state index contributed by atoms with van der Waals surface area (Å²) in [6, 6.07) is 4.46. The Morgan fingerprint density at radius 2 is 1.74 bits per heavy atom. The van der Waals surface area contributed by atoms with Crippen molar-refractivity contribution in [2.24, 2.45) is 5.41 Å². The highest BCUT2D eigenvalue weighted by atomic mass is 32.2. The summed E-state index contributed by atoms with van der Waals surface area (Å²) in [5.74, 6) is 2.02. The summed E-state index contributed by atoms with van der Waals surface area (Å²) in [4.78, 5) is 0. The molecule has 19 heavy (non-hydrogen) atoms. The van der Waals surface area contributed by atoms with Crippen LogP contribution in [-0.2, 0) is 6.42 Å². The molecule has 2 heteroatoms. The van der Waals surface area contributed by atoms with Gasteiger partial charge in [0.2, 0.25) is 0 Å². The topological polar surface area (TPSA) is 20.2 Å². The third-order valence-corrected chi connectivity index (χ3v) is 5.96. The van der Waals surface area contributed by atoms with Gasteiger partial charge in [-0.15, -0.1) is 0 Å². The normalized spacial score (nSPS) is 26.4. The number of aryl methyl sites for hydroxylation is 3. The summed E-state index contributed by atoms with van der Waals surface area (Å²) in [6.07, 6.45) is 1.88. The second-order valence-electron chi connectivity index (χ2n) is 6.77. The average molecular weight is 278 g/mol. The van der Waals surface area contributed by atoms with Gasteiger partial charge in [0.1, 0.15) is 0 Å². The van der Waals surface area contributed by atoms with Crippen LogP contribution in [0.1, 0.15) is 42.5 Å². The maximum atomic E-state index is 11.1. The Labute approximate surface area is 121 Å². The van der Waals surface area contributed by atoms with Gasteiger partial charge >= 0.3 is 0 Å². The molecule has 1 atom stereocenters. The minimum Gasteiger partial charge on any atom is -0.388 e. The second kappa shape index (κ2) is 5.14. The van der Waals surface area contributed by atoms with Crippen molar-refractivity contribution in [2.45, 2.75) is 53.1 Å². The fourth-order valence-electron chi connectivity index (χ4n) is 3.07. The Balaban J connectivity index is 2.35. The minimum absolute atomic E-state index is 0.00200. The van der Waals surface area contributed by atoms with Crippen LogP contribution < -0.4 is 0 Å². The number of hydrogen-bond acceptors (Lipinski definition) is 2. The highest BCUT2D eigenvalue weighted by Crippen LogP contribution is 2.44. The van der Waals surface area contributed by atoms with Gasteiger partial charge in [0.15, 0.2) is 0 Å². The molecule has 1 saturated heterocycles. The van der Waals surface area contributed by atoms with Crippen molar-refractivity contribution in [2.75, 3.05) is 11.5 Å². The van der Waals surface area contributed by atoms with E-state index >= 15 is 0 Å². The molecule has 1 fully saturated rings. The number of rotatable bonds is 2. The summed E-state index contributed by atoms with van der Waals surface area (Å²) < 4.78 is 0. The van der Waals surface area contributed by atoms with E-state index in [4.69, 9.17) is 0 Å². The molecule has 1 unspecified atom stereocenters. The Morgan fingerprint density at radius 1 is 1.16 bits per heavy atom. The van der Waals surface area contributed by atoms with E-state index in [1.807, 2.05) is 11.8 Å². The standard InChI is InChI=1S/C17H26OS/c1-12-8-13(2)15(14(3)9-12)10-17(18)11-19-7-6-16(17,4)5/h8-9,18H,6-7,10-11H2,1-5H3. The van der Waals surface area contributed by atoms with Crippen molar-refractivity contribution >= 4 is 11.8 Å². The van der Waals surface area contributed by atoms with Gasteiger partial charge < -0.3 is 5.11 Å². The average Bonchev–Trinajstić information content (AvgIpc) is 2.28. The van der Waals surface area contributed by atoms with Gasteiger partial charge in [0, 0.05) is 12.2 Å². The van der Waals surface area contributed by atoms with Crippen LogP contribution in [-0.4, -0.2) is 22.2 Å². The molecule has 1 aliphatic heterocycles. The predicted molar refractivity (Wildman–Crippen MR) is 85.0 cm³/mol. The quantitative estimate of drug-likeness (QED) is 0.880. The zero-order chi connectivity index (χ0) is 14.3. The lowest BCUT2D eigenvalue weighted by molar-refractivity contribution is -0.0515. The zero-order valence-electron chi connectivity index (χ0n) is 12.8. The Bertz CT molecular complexity index is 455. The van der Waals surface area contributed by atoms with Crippen molar-refractivity contribution < 1.29 is 5.11 Å². The van der Waals surface area contributed by atoms with E-state index in [2.05, 4.69) is 46.8 Å². The van der Waals surface area contributed by atoms with Crippen LogP contribution in [0.5, 0.6) is 0 Å².